The number of unbranched alkanes of at least 4 members (excludes halogenated alkanes) is 7. The number of rotatable bonds is 15. The van der Waals surface area contributed by atoms with Gasteiger partial charge >= 0.3 is 23.7 Å². The maximum atomic E-state index is 13.6. The molecule has 158 valence electrons. The van der Waals surface area contributed by atoms with Gasteiger partial charge in [-0.05, 0) is 12.8 Å². The van der Waals surface area contributed by atoms with Crippen LogP contribution in [0.5, 0.6) is 0 Å². The third-order valence-corrected chi connectivity index (χ3v) is 4.31. The molecule has 26 heavy (non-hydrogen) atoms. The summed E-state index contributed by atoms with van der Waals surface area (Å²) < 4.78 is 108. The number of aliphatic hydroxyl groups is 1. The second kappa shape index (κ2) is 10.7. The molecular weight excluding hydrogens is 372 g/mol. The summed E-state index contributed by atoms with van der Waals surface area (Å²) in [4.78, 5) is 0. The zero-order chi connectivity index (χ0) is 20.5. The lowest BCUT2D eigenvalue weighted by atomic mass is 9.92. The van der Waals surface area contributed by atoms with Gasteiger partial charge in [0.05, 0.1) is 0 Å². The summed E-state index contributed by atoms with van der Waals surface area (Å²) in [5.41, 5.74) is 0. The summed E-state index contributed by atoms with van der Waals surface area (Å²) in [5.74, 6) is -23.0. The van der Waals surface area contributed by atoms with Crippen molar-refractivity contribution in [1.29, 1.82) is 0 Å². The molecule has 0 amide bonds. The van der Waals surface area contributed by atoms with Crippen LogP contribution in [0.4, 0.5) is 35.1 Å². The molecule has 0 aromatic carbocycles. The second-order valence-corrected chi connectivity index (χ2v) is 6.61. The molecule has 0 heterocycles. The van der Waals surface area contributed by atoms with E-state index in [0.717, 1.165) is 32.1 Å². The Balaban J connectivity index is 4.67. The third kappa shape index (κ3) is 6.53. The lowest BCUT2D eigenvalue weighted by Gasteiger charge is -2.37. The maximum Gasteiger partial charge on any atom is 0.378 e. The van der Waals surface area contributed by atoms with E-state index in [1.807, 2.05) is 6.92 Å². The van der Waals surface area contributed by atoms with Crippen LogP contribution in [0.1, 0.15) is 77.6 Å². The summed E-state index contributed by atoms with van der Waals surface area (Å²) in [6, 6.07) is 0. The largest absolute Gasteiger partial charge is 0.396 e. The molecule has 0 saturated heterocycles. The lowest BCUT2D eigenvalue weighted by Crippen LogP contribution is -2.62. The molecule has 1 N–H and O–H groups in total. The Labute approximate surface area is 149 Å². The van der Waals surface area contributed by atoms with Crippen molar-refractivity contribution in [2.75, 3.05) is 6.61 Å². The molecule has 0 aromatic heterocycles. The van der Waals surface area contributed by atoms with Gasteiger partial charge in [0.1, 0.15) is 0 Å². The standard InChI is InChI=1S/C17H28F8O/c1-2-3-4-5-6-7-8-9-11-14(18,19)16(22,23)17(24,25)15(20,21)12-10-13-26/h26H,2-13H2,1H3. The molecular formula is C17H28F8O. The Morgan fingerprint density at radius 1 is 0.538 bits per heavy atom. The SMILES string of the molecule is CCCCCCCCCCC(F)(F)C(F)(F)C(F)(F)C(F)(F)CCCO. The van der Waals surface area contributed by atoms with E-state index in [0.29, 0.717) is 6.42 Å². The molecule has 0 aliphatic heterocycles. The van der Waals surface area contributed by atoms with Crippen LogP contribution in [0.25, 0.3) is 0 Å². The van der Waals surface area contributed by atoms with Gasteiger partial charge in [0.15, 0.2) is 0 Å². The van der Waals surface area contributed by atoms with Crippen LogP contribution in [0.15, 0.2) is 0 Å². The van der Waals surface area contributed by atoms with Gasteiger partial charge in [0.2, 0.25) is 0 Å². The maximum absolute atomic E-state index is 13.6. The highest BCUT2D eigenvalue weighted by Gasteiger charge is 2.79. The first kappa shape index (κ1) is 25.4. The predicted octanol–water partition coefficient (Wildman–Crippen LogP) is 6.83. The minimum absolute atomic E-state index is 0.143. The highest BCUT2D eigenvalue weighted by molar-refractivity contribution is 5.03. The molecule has 0 atom stereocenters. The van der Waals surface area contributed by atoms with Gasteiger partial charge in [-0.3, -0.25) is 0 Å². The molecule has 0 spiro atoms. The van der Waals surface area contributed by atoms with E-state index in [-0.39, 0.29) is 6.42 Å². The predicted molar refractivity (Wildman–Crippen MR) is 83.3 cm³/mol. The van der Waals surface area contributed by atoms with Crippen molar-refractivity contribution in [2.24, 2.45) is 0 Å². The smallest absolute Gasteiger partial charge is 0.378 e. The van der Waals surface area contributed by atoms with Crippen LogP contribution in [0, 0.1) is 0 Å². The van der Waals surface area contributed by atoms with E-state index in [2.05, 4.69) is 0 Å². The van der Waals surface area contributed by atoms with Crippen molar-refractivity contribution in [3.8, 4) is 0 Å². The molecule has 0 aliphatic rings. The molecule has 0 saturated carbocycles. The van der Waals surface area contributed by atoms with E-state index in [9.17, 15) is 35.1 Å². The van der Waals surface area contributed by atoms with Crippen molar-refractivity contribution < 1.29 is 40.2 Å². The first-order valence-corrected chi connectivity index (χ1v) is 8.99. The highest BCUT2D eigenvalue weighted by Crippen LogP contribution is 2.55. The Morgan fingerprint density at radius 2 is 0.885 bits per heavy atom. The topological polar surface area (TPSA) is 20.2 Å². The minimum Gasteiger partial charge on any atom is -0.396 e. The molecule has 0 unspecified atom stereocenters. The number of hydrogen-bond donors (Lipinski definition) is 1. The first-order valence-electron chi connectivity index (χ1n) is 8.99. The molecule has 0 radical (unpaired) electrons. The summed E-state index contributed by atoms with van der Waals surface area (Å²) in [7, 11) is 0. The molecule has 0 rings (SSSR count). The average molecular weight is 400 g/mol. The van der Waals surface area contributed by atoms with E-state index < -0.39 is 56.0 Å². The van der Waals surface area contributed by atoms with E-state index in [1.54, 1.807) is 0 Å². The lowest BCUT2D eigenvalue weighted by molar-refractivity contribution is -0.368. The van der Waals surface area contributed by atoms with Crippen LogP contribution in [-0.2, 0) is 0 Å². The van der Waals surface area contributed by atoms with Crippen LogP contribution >= 0.6 is 0 Å². The van der Waals surface area contributed by atoms with E-state index in [1.165, 1.54) is 0 Å². The van der Waals surface area contributed by atoms with Gasteiger partial charge in [0, 0.05) is 19.4 Å². The Kier molecular flexibility index (Phi) is 10.4. The third-order valence-electron chi connectivity index (χ3n) is 4.31. The Bertz CT molecular complexity index is 385. The van der Waals surface area contributed by atoms with Crippen molar-refractivity contribution in [2.45, 2.75) is 101 Å². The normalized spacial score (nSPS) is 14.1. The molecule has 0 bridgehead atoms. The van der Waals surface area contributed by atoms with E-state index in [4.69, 9.17) is 5.11 Å². The summed E-state index contributed by atoms with van der Waals surface area (Å²) in [6.45, 7) is 1.08. The van der Waals surface area contributed by atoms with Crippen LogP contribution in [0.3, 0.4) is 0 Å². The fourth-order valence-electron chi connectivity index (χ4n) is 2.56. The van der Waals surface area contributed by atoms with Gasteiger partial charge in [0.25, 0.3) is 0 Å². The number of halogens is 8. The first-order chi connectivity index (χ1) is 11.9. The quantitative estimate of drug-likeness (QED) is 0.236. The summed E-state index contributed by atoms with van der Waals surface area (Å²) >= 11 is 0. The number of alkyl halides is 8. The summed E-state index contributed by atoms with van der Waals surface area (Å²) in [6.07, 6.45) is 0.519. The fraction of sp³-hybridized carbons (Fsp3) is 1.00. The monoisotopic (exact) mass is 400 g/mol. The average Bonchev–Trinajstić information content (AvgIpc) is 2.54. The molecule has 0 fully saturated rings. The molecule has 9 heteroatoms. The van der Waals surface area contributed by atoms with Gasteiger partial charge in [-0.25, -0.2) is 0 Å². The molecule has 0 aromatic rings. The highest BCUT2D eigenvalue weighted by atomic mass is 19.4. The van der Waals surface area contributed by atoms with Gasteiger partial charge in [-0.2, -0.15) is 35.1 Å². The second-order valence-electron chi connectivity index (χ2n) is 6.61. The van der Waals surface area contributed by atoms with Crippen molar-refractivity contribution in [1.82, 2.24) is 0 Å². The van der Waals surface area contributed by atoms with Crippen LogP contribution in [0.2, 0.25) is 0 Å². The van der Waals surface area contributed by atoms with E-state index >= 15 is 0 Å². The number of hydrogen-bond acceptors (Lipinski definition) is 1. The van der Waals surface area contributed by atoms with Crippen LogP contribution < -0.4 is 0 Å². The van der Waals surface area contributed by atoms with Crippen LogP contribution in [-0.4, -0.2) is 35.4 Å². The van der Waals surface area contributed by atoms with Crippen molar-refractivity contribution in [3.63, 3.8) is 0 Å². The Hall–Kier alpha value is -0.600. The zero-order valence-electron chi connectivity index (χ0n) is 15.0. The molecule has 1 nitrogen and oxygen atoms in total. The van der Waals surface area contributed by atoms with Gasteiger partial charge < -0.3 is 5.11 Å². The van der Waals surface area contributed by atoms with Gasteiger partial charge in [-0.15, -0.1) is 0 Å². The Morgan fingerprint density at radius 3 is 1.27 bits per heavy atom. The van der Waals surface area contributed by atoms with Crippen molar-refractivity contribution in [3.05, 3.63) is 0 Å². The van der Waals surface area contributed by atoms with Gasteiger partial charge in [-0.1, -0.05) is 51.9 Å². The van der Waals surface area contributed by atoms with Crippen molar-refractivity contribution >= 4 is 0 Å². The minimum atomic E-state index is -6.21. The summed E-state index contributed by atoms with van der Waals surface area (Å²) in [5, 5.41) is 8.38. The zero-order valence-corrected chi connectivity index (χ0v) is 15.0. The fourth-order valence-corrected chi connectivity index (χ4v) is 2.56. The molecule has 0 aliphatic carbocycles. The number of aliphatic hydroxyl groups excluding tert-OH is 1.